The van der Waals surface area contributed by atoms with Crippen LogP contribution in [0.5, 0.6) is 0 Å². The van der Waals surface area contributed by atoms with Crippen molar-refractivity contribution < 1.29 is 4.21 Å². The highest BCUT2D eigenvalue weighted by Gasteiger charge is 2.55. The van der Waals surface area contributed by atoms with E-state index in [1.165, 1.54) is 0 Å². The summed E-state index contributed by atoms with van der Waals surface area (Å²) in [7, 11) is -0.886. The van der Waals surface area contributed by atoms with Crippen molar-refractivity contribution in [3.63, 3.8) is 0 Å². The maximum Gasteiger partial charge on any atom is 0.122 e. The summed E-state index contributed by atoms with van der Waals surface area (Å²) in [6.07, 6.45) is 1.50. The summed E-state index contributed by atoms with van der Waals surface area (Å²) < 4.78 is 10.3. The summed E-state index contributed by atoms with van der Waals surface area (Å²) in [5.74, 6) is 1.52. The van der Waals surface area contributed by atoms with Crippen molar-refractivity contribution in [1.82, 2.24) is 0 Å². The van der Waals surface area contributed by atoms with E-state index in [1.54, 1.807) is 0 Å². The quantitative estimate of drug-likeness (QED) is 0.728. The molecule has 0 amide bonds. The van der Waals surface area contributed by atoms with E-state index in [0.29, 0.717) is 11.5 Å². The van der Waals surface area contributed by atoms with Gasteiger partial charge in [-0.3, -0.25) is 4.21 Å². The highest BCUT2D eigenvalue weighted by atomic mass is 35.5. The summed E-state index contributed by atoms with van der Waals surface area (Å²) in [5, 5.41) is 0. The largest absolute Gasteiger partial charge is 0.260 e. The van der Waals surface area contributed by atoms with Crippen LogP contribution in [-0.4, -0.2) is 24.4 Å². The second-order valence-corrected chi connectivity index (χ2v) is 8.73. The molecule has 0 aliphatic heterocycles. The van der Waals surface area contributed by atoms with E-state index in [9.17, 15) is 4.21 Å². The molecule has 14 heavy (non-hydrogen) atoms. The van der Waals surface area contributed by atoms with Crippen LogP contribution in [0.4, 0.5) is 0 Å². The molecule has 0 aromatic rings. The normalized spacial score (nSPS) is 39.1. The molecule has 1 unspecified atom stereocenters. The number of hydrogen-bond donors (Lipinski definition) is 0. The average molecular weight is 296 g/mol. The topological polar surface area (TPSA) is 17.1 Å². The van der Waals surface area contributed by atoms with Crippen LogP contribution in [0.15, 0.2) is 0 Å². The Labute approximate surface area is 106 Å². The fraction of sp³-hybridized carbons (Fsp3) is 1.00. The molecule has 0 spiro atoms. The maximum absolute atomic E-state index is 11.6. The maximum atomic E-state index is 11.6. The zero-order chi connectivity index (χ0) is 10.6. The third-order valence-corrected chi connectivity index (χ3v) is 6.09. The SMILES string of the molecule is O=S(C[C@@H]1CC1(Cl)Cl)C[C@H]1CC1(Cl)Cl. The average Bonchev–Trinajstić information content (AvgIpc) is 2.74. The van der Waals surface area contributed by atoms with Gasteiger partial charge in [-0.05, 0) is 12.8 Å². The molecular weight excluding hydrogens is 286 g/mol. The van der Waals surface area contributed by atoms with Crippen molar-refractivity contribution in [2.45, 2.75) is 21.5 Å². The van der Waals surface area contributed by atoms with E-state index < -0.39 is 19.5 Å². The Morgan fingerprint density at radius 2 is 1.29 bits per heavy atom. The van der Waals surface area contributed by atoms with Crippen molar-refractivity contribution in [3.8, 4) is 0 Å². The van der Waals surface area contributed by atoms with Gasteiger partial charge in [-0.25, -0.2) is 0 Å². The predicted octanol–water partition coefficient (Wildman–Crippen LogP) is 3.12. The Kier molecular flexibility index (Phi) is 3.08. The van der Waals surface area contributed by atoms with E-state index in [-0.39, 0.29) is 11.8 Å². The van der Waals surface area contributed by atoms with Gasteiger partial charge in [-0.2, -0.15) is 0 Å². The molecule has 0 N–H and O–H groups in total. The van der Waals surface area contributed by atoms with Crippen molar-refractivity contribution in [2.24, 2.45) is 11.8 Å². The fourth-order valence-electron chi connectivity index (χ4n) is 1.42. The lowest BCUT2D eigenvalue weighted by Crippen LogP contribution is -2.10. The molecule has 0 saturated heterocycles. The van der Waals surface area contributed by atoms with Gasteiger partial charge in [0.25, 0.3) is 0 Å². The van der Waals surface area contributed by atoms with Gasteiger partial charge in [0.05, 0.1) is 0 Å². The number of rotatable bonds is 4. The predicted molar refractivity (Wildman–Crippen MR) is 63.0 cm³/mol. The van der Waals surface area contributed by atoms with Crippen LogP contribution in [0, 0.1) is 11.8 Å². The van der Waals surface area contributed by atoms with E-state index >= 15 is 0 Å². The van der Waals surface area contributed by atoms with Crippen molar-refractivity contribution in [3.05, 3.63) is 0 Å². The lowest BCUT2D eigenvalue weighted by Gasteiger charge is -2.02. The summed E-state index contributed by atoms with van der Waals surface area (Å²) in [6, 6.07) is 0. The van der Waals surface area contributed by atoms with Crippen LogP contribution in [0.3, 0.4) is 0 Å². The minimum Gasteiger partial charge on any atom is -0.260 e. The molecule has 2 rings (SSSR count). The van der Waals surface area contributed by atoms with Crippen molar-refractivity contribution >= 4 is 57.2 Å². The third kappa shape index (κ3) is 2.70. The van der Waals surface area contributed by atoms with Gasteiger partial charge in [0.2, 0.25) is 0 Å². The number of halogens is 4. The summed E-state index contributed by atoms with van der Waals surface area (Å²) in [5.41, 5.74) is 0. The molecule has 2 aliphatic rings. The van der Waals surface area contributed by atoms with Gasteiger partial charge >= 0.3 is 0 Å². The molecule has 1 nitrogen and oxygen atoms in total. The Balaban J connectivity index is 1.71. The molecule has 0 bridgehead atoms. The van der Waals surface area contributed by atoms with Crippen LogP contribution in [0.1, 0.15) is 12.8 Å². The van der Waals surface area contributed by atoms with E-state index in [4.69, 9.17) is 46.4 Å². The molecule has 3 atom stereocenters. The van der Waals surface area contributed by atoms with Gasteiger partial charge in [0, 0.05) is 34.1 Å². The Hall–Kier alpha value is 1.31. The third-order valence-electron chi connectivity index (χ3n) is 2.69. The van der Waals surface area contributed by atoms with Gasteiger partial charge in [-0.15, -0.1) is 46.4 Å². The lowest BCUT2D eigenvalue weighted by atomic mass is 10.5. The molecule has 6 heteroatoms. The Morgan fingerprint density at radius 3 is 1.50 bits per heavy atom. The molecule has 82 valence electrons. The van der Waals surface area contributed by atoms with Gasteiger partial charge < -0.3 is 0 Å². The molecule has 0 radical (unpaired) electrons. The zero-order valence-corrected chi connectivity index (χ0v) is 11.2. The first kappa shape index (κ1) is 11.8. The molecular formula is C8H10Cl4OS. The van der Waals surface area contributed by atoms with Crippen LogP contribution < -0.4 is 0 Å². The van der Waals surface area contributed by atoms with Gasteiger partial charge in [0.15, 0.2) is 0 Å². The van der Waals surface area contributed by atoms with Crippen molar-refractivity contribution in [2.75, 3.05) is 11.5 Å². The fourth-order valence-corrected chi connectivity index (χ4v) is 4.68. The molecule has 0 aromatic heterocycles. The zero-order valence-electron chi connectivity index (χ0n) is 7.31. The lowest BCUT2D eigenvalue weighted by molar-refractivity contribution is 0.675. The van der Waals surface area contributed by atoms with Gasteiger partial charge in [0.1, 0.15) is 8.67 Å². The molecule has 2 fully saturated rings. The number of alkyl halides is 4. The van der Waals surface area contributed by atoms with E-state index in [1.807, 2.05) is 0 Å². The molecule has 0 heterocycles. The molecule has 2 aliphatic carbocycles. The van der Waals surface area contributed by atoms with E-state index in [0.717, 1.165) is 12.8 Å². The second-order valence-electron chi connectivity index (χ2n) is 4.10. The van der Waals surface area contributed by atoms with Crippen LogP contribution in [0.2, 0.25) is 0 Å². The van der Waals surface area contributed by atoms with E-state index in [2.05, 4.69) is 0 Å². The van der Waals surface area contributed by atoms with Crippen LogP contribution in [0.25, 0.3) is 0 Å². The monoisotopic (exact) mass is 294 g/mol. The first-order valence-corrected chi connectivity index (χ1v) is 7.42. The molecule has 2 saturated carbocycles. The smallest absolute Gasteiger partial charge is 0.122 e. The standard InChI is InChI=1S/C8H10Cl4OS/c9-7(10)1-5(7)3-14(13)4-6-2-8(6,11)12/h5-6H,1-4H2/t5-,6+,14?. The highest BCUT2D eigenvalue weighted by molar-refractivity contribution is 7.85. The summed E-state index contributed by atoms with van der Waals surface area (Å²) >= 11 is 23.4. The molecule has 0 aromatic carbocycles. The Bertz CT molecular complexity index is 253. The first-order valence-electron chi connectivity index (χ1n) is 4.42. The van der Waals surface area contributed by atoms with Crippen LogP contribution in [-0.2, 0) is 10.8 Å². The Morgan fingerprint density at radius 1 is 1.00 bits per heavy atom. The van der Waals surface area contributed by atoms with Crippen LogP contribution >= 0.6 is 46.4 Å². The second kappa shape index (κ2) is 3.66. The summed E-state index contributed by atoms with van der Waals surface area (Å²) in [6.45, 7) is 0. The summed E-state index contributed by atoms with van der Waals surface area (Å²) in [4.78, 5) is 0. The minimum atomic E-state index is -0.886. The van der Waals surface area contributed by atoms with Crippen molar-refractivity contribution in [1.29, 1.82) is 0 Å². The first-order chi connectivity index (χ1) is 6.31. The van der Waals surface area contributed by atoms with Gasteiger partial charge in [-0.1, -0.05) is 0 Å². The highest BCUT2D eigenvalue weighted by Crippen LogP contribution is 2.55. The number of hydrogen-bond acceptors (Lipinski definition) is 1. The minimum absolute atomic E-state index is 0.186.